The minimum absolute atomic E-state index is 0.136. The Morgan fingerprint density at radius 3 is 2.75 bits per heavy atom. The van der Waals surface area contributed by atoms with E-state index in [0.29, 0.717) is 5.91 Å². The van der Waals surface area contributed by atoms with Gasteiger partial charge in [-0.1, -0.05) is 0 Å². The van der Waals surface area contributed by atoms with Crippen LogP contribution in [0.15, 0.2) is 12.4 Å². The second-order valence-corrected chi connectivity index (χ2v) is 5.84. The lowest BCUT2D eigenvalue weighted by atomic mass is 9.96. The third-order valence-electron chi connectivity index (χ3n) is 4.30. The Morgan fingerprint density at radius 1 is 1.20 bits per heavy atom. The van der Waals surface area contributed by atoms with Gasteiger partial charge >= 0.3 is 0 Å². The van der Waals surface area contributed by atoms with Crippen molar-refractivity contribution in [3.8, 4) is 0 Å². The van der Waals surface area contributed by atoms with E-state index in [1.807, 2.05) is 17.9 Å². The van der Waals surface area contributed by atoms with Gasteiger partial charge in [-0.25, -0.2) is 9.97 Å². The SMILES string of the molecule is Cc1cc(N2CCC[C@H](C(=O)N3CCCC3)C2)ncn1. The predicted molar refractivity (Wildman–Crippen MR) is 77.5 cm³/mol. The molecule has 20 heavy (non-hydrogen) atoms. The number of rotatable bonds is 2. The molecule has 0 unspecified atom stereocenters. The Hall–Kier alpha value is -1.65. The van der Waals surface area contributed by atoms with E-state index >= 15 is 0 Å². The summed E-state index contributed by atoms with van der Waals surface area (Å²) in [6.45, 7) is 5.65. The van der Waals surface area contributed by atoms with Gasteiger partial charge in [0.2, 0.25) is 5.91 Å². The molecule has 0 saturated carbocycles. The lowest BCUT2D eigenvalue weighted by Crippen LogP contribution is -2.44. The molecule has 3 heterocycles. The highest BCUT2D eigenvalue weighted by Gasteiger charge is 2.30. The van der Waals surface area contributed by atoms with Crippen LogP contribution in [0.25, 0.3) is 0 Å². The van der Waals surface area contributed by atoms with Crippen LogP contribution < -0.4 is 4.90 Å². The third kappa shape index (κ3) is 2.76. The minimum atomic E-state index is 0.136. The van der Waals surface area contributed by atoms with Gasteiger partial charge in [-0.05, 0) is 32.6 Å². The van der Waals surface area contributed by atoms with Gasteiger partial charge in [0.15, 0.2) is 0 Å². The van der Waals surface area contributed by atoms with Gasteiger partial charge in [0.1, 0.15) is 12.1 Å². The molecule has 2 aliphatic heterocycles. The van der Waals surface area contributed by atoms with E-state index in [1.54, 1.807) is 6.33 Å². The first-order valence-corrected chi connectivity index (χ1v) is 7.56. The molecule has 108 valence electrons. The van der Waals surface area contributed by atoms with Gasteiger partial charge in [0.25, 0.3) is 0 Å². The van der Waals surface area contributed by atoms with Crippen molar-refractivity contribution in [1.82, 2.24) is 14.9 Å². The molecule has 2 aliphatic rings. The molecule has 0 spiro atoms. The van der Waals surface area contributed by atoms with Crippen molar-refractivity contribution >= 4 is 11.7 Å². The van der Waals surface area contributed by atoms with Crippen molar-refractivity contribution in [2.24, 2.45) is 5.92 Å². The zero-order valence-corrected chi connectivity index (χ0v) is 12.1. The van der Waals surface area contributed by atoms with E-state index < -0.39 is 0 Å². The second kappa shape index (κ2) is 5.77. The first-order chi connectivity index (χ1) is 9.74. The molecule has 0 radical (unpaired) electrons. The first kappa shape index (κ1) is 13.3. The van der Waals surface area contributed by atoms with E-state index in [1.165, 1.54) is 0 Å². The summed E-state index contributed by atoms with van der Waals surface area (Å²) < 4.78 is 0. The Kier molecular flexibility index (Phi) is 3.85. The quantitative estimate of drug-likeness (QED) is 0.822. The van der Waals surface area contributed by atoms with Crippen molar-refractivity contribution in [2.45, 2.75) is 32.6 Å². The van der Waals surface area contributed by atoms with Gasteiger partial charge in [-0.2, -0.15) is 0 Å². The van der Waals surface area contributed by atoms with Crippen LogP contribution in [0.5, 0.6) is 0 Å². The largest absolute Gasteiger partial charge is 0.356 e. The average molecular weight is 274 g/mol. The number of likely N-dealkylation sites (tertiary alicyclic amines) is 1. The maximum Gasteiger partial charge on any atom is 0.227 e. The van der Waals surface area contributed by atoms with Crippen LogP contribution in [0.1, 0.15) is 31.4 Å². The smallest absolute Gasteiger partial charge is 0.227 e. The van der Waals surface area contributed by atoms with E-state index in [0.717, 1.165) is 63.4 Å². The Morgan fingerprint density at radius 2 is 2.00 bits per heavy atom. The molecule has 0 aliphatic carbocycles. The summed E-state index contributed by atoms with van der Waals surface area (Å²) in [5.41, 5.74) is 0.975. The molecule has 3 rings (SSSR count). The van der Waals surface area contributed by atoms with Crippen molar-refractivity contribution in [3.63, 3.8) is 0 Å². The highest BCUT2D eigenvalue weighted by atomic mass is 16.2. The highest BCUT2D eigenvalue weighted by molar-refractivity contribution is 5.80. The number of nitrogens with zero attached hydrogens (tertiary/aromatic N) is 4. The van der Waals surface area contributed by atoms with Crippen molar-refractivity contribution in [2.75, 3.05) is 31.1 Å². The maximum absolute atomic E-state index is 12.5. The van der Waals surface area contributed by atoms with Crippen LogP contribution in [-0.2, 0) is 4.79 Å². The molecule has 2 saturated heterocycles. The van der Waals surface area contributed by atoms with Crippen LogP contribution in [0.3, 0.4) is 0 Å². The van der Waals surface area contributed by atoms with Gasteiger partial charge in [0.05, 0.1) is 5.92 Å². The molecule has 1 amide bonds. The summed E-state index contributed by atoms with van der Waals surface area (Å²) in [5.74, 6) is 1.44. The summed E-state index contributed by atoms with van der Waals surface area (Å²) in [6, 6.07) is 2.00. The summed E-state index contributed by atoms with van der Waals surface area (Å²) in [7, 11) is 0. The first-order valence-electron chi connectivity index (χ1n) is 7.56. The Labute approximate surface area is 120 Å². The number of carbonyl (C=O) groups excluding carboxylic acids is 1. The Balaban J connectivity index is 1.68. The van der Waals surface area contributed by atoms with Crippen LogP contribution >= 0.6 is 0 Å². The minimum Gasteiger partial charge on any atom is -0.356 e. The van der Waals surface area contributed by atoms with Gasteiger partial charge in [-0.3, -0.25) is 4.79 Å². The summed E-state index contributed by atoms with van der Waals surface area (Å²) in [4.78, 5) is 25.3. The van der Waals surface area contributed by atoms with Crippen molar-refractivity contribution in [3.05, 3.63) is 18.1 Å². The van der Waals surface area contributed by atoms with Gasteiger partial charge in [0, 0.05) is 37.9 Å². The molecule has 1 aromatic rings. The summed E-state index contributed by atoms with van der Waals surface area (Å²) >= 11 is 0. The van der Waals surface area contributed by atoms with Gasteiger partial charge in [-0.15, -0.1) is 0 Å². The number of anilines is 1. The van der Waals surface area contributed by atoms with E-state index in [2.05, 4.69) is 14.9 Å². The van der Waals surface area contributed by atoms with Gasteiger partial charge < -0.3 is 9.80 Å². The number of piperidine rings is 1. The van der Waals surface area contributed by atoms with Crippen LogP contribution in [-0.4, -0.2) is 47.0 Å². The molecular weight excluding hydrogens is 252 g/mol. The Bertz CT molecular complexity index is 485. The van der Waals surface area contributed by atoms with E-state index in [4.69, 9.17) is 0 Å². The number of aromatic nitrogens is 2. The fourth-order valence-corrected chi connectivity index (χ4v) is 3.20. The molecule has 5 heteroatoms. The summed E-state index contributed by atoms with van der Waals surface area (Å²) in [5, 5.41) is 0. The zero-order valence-electron chi connectivity index (χ0n) is 12.1. The van der Waals surface area contributed by atoms with E-state index in [9.17, 15) is 4.79 Å². The lowest BCUT2D eigenvalue weighted by molar-refractivity contribution is -0.134. The summed E-state index contributed by atoms with van der Waals surface area (Å²) in [6.07, 6.45) is 6.00. The molecule has 1 atom stereocenters. The number of aryl methyl sites for hydroxylation is 1. The van der Waals surface area contributed by atoms with Crippen molar-refractivity contribution in [1.29, 1.82) is 0 Å². The van der Waals surface area contributed by atoms with Crippen LogP contribution in [0, 0.1) is 12.8 Å². The number of hydrogen-bond acceptors (Lipinski definition) is 4. The molecule has 0 aromatic carbocycles. The molecular formula is C15H22N4O. The topological polar surface area (TPSA) is 49.3 Å². The number of carbonyl (C=O) groups is 1. The zero-order chi connectivity index (χ0) is 13.9. The molecule has 0 bridgehead atoms. The fourth-order valence-electron chi connectivity index (χ4n) is 3.20. The third-order valence-corrected chi connectivity index (χ3v) is 4.30. The average Bonchev–Trinajstić information content (AvgIpc) is 3.01. The fraction of sp³-hybridized carbons (Fsp3) is 0.667. The van der Waals surface area contributed by atoms with Crippen LogP contribution in [0.2, 0.25) is 0 Å². The second-order valence-electron chi connectivity index (χ2n) is 5.84. The maximum atomic E-state index is 12.5. The normalized spacial score (nSPS) is 23.1. The van der Waals surface area contributed by atoms with E-state index in [-0.39, 0.29) is 5.92 Å². The standard InChI is InChI=1S/C15H22N4O/c1-12-9-14(17-11-16-12)19-8-4-5-13(10-19)15(20)18-6-2-3-7-18/h9,11,13H,2-8,10H2,1H3/t13-/m0/s1. The molecule has 1 aromatic heterocycles. The molecule has 2 fully saturated rings. The van der Waals surface area contributed by atoms with Crippen LogP contribution in [0.4, 0.5) is 5.82 Å². The predicted octanol–water partition coefficient (Wildman–Crippen LogP) is 1.62. The highest BCUT2D eigenvalue weighted by Crippen LogP contribution is 2.24. The number of hydrogen-bond donors (Lipinski definition) is 0. The molecule has 0 N–H and O–H groups in total. The molecule has 5 nitrogen and oxygen atoms in total. The monoisotopic (exact) mass is 274 g/mol. The van der Waals surface area contributed by atoms with Crippen molar-refractivity contribution < 1.29 is 4.79 Å². The number of amides is 1. The lowest BCUT2D eigenvalue weighted by Gasteiger charge is -2.34.